The summed E-state index contributed by atoms with van der Waals surface area (Å²) in [4.78, 5) is 18.7. The first kappa shape index (κ1) is 27.7. The van der Waals surface area contributed by atoms with Crippen LogP contribution in [0.1, 0.15) is 42.5 Å². The third-order valence-electron chi connectivity index (χ3n) is 5.67. The number of esters is 1. The molecule has 0 atom stereocenters. The van der Waals surface area contributed by atoms with E-state index in [-0.39, 0.29) is 6.61 Å². The quantitative estimate of drug-likeness (QED) is 0.126. The highest BCUT2D eigenvalue weighted by molar-refractivity contribution is 5.99. The van der Waals surface area contributed by atoms with Crippen LogP contribution < -0.4 is 4.74 Å². The SMILES string of the molecule is CCOC(=O)CON=Cc1cccc(C(=C(CC)c2ccccc2)c2ccc(OCCN(C)C)cc2)c1. The van der Waals surface area contributed by atoms with Gasteiger partial charge in [-0.25, -0.2) is 4.79 Å². The lowest BCUT2D eigenvalue weighted by molar-refractivity contribution is -0.148. The van der Waals surface area contributed by atoms with Crippen LogP contribution in [0.2, 0.25) is 0 Å². The molecule has 0 aliphatic carbocycles. The van der Waals surface area contributed by atoms with Crippen molar-refractivity contribution < 1.29 is 19.1 Å². The first-order valence-corrected chi connectivity index (χ1v) is 12.6. The highest BCUT2D eigenvalue weighted by atomic mass is 16.6. The summed E-state index contributed by atoms with van der Waals surface area (Å²) in [5, 5.41) is 3.95. The smallest absolute Gasteiger partial charge is 0.347 e. The predicted octanol–water partition coefficient (Wildman–Crippen LogP) is 5.91. The zero-order valence-electron chi connectivity index (χ0n) is 22.1. The van der Waals surface area contributed by atoms with Gasteiger partial charge in [-0.15, -0.1) is 0 Å². The van der Waals surface area contributed by atoms with Crippen LogP contribution in [-0.2, 0) is 14.4 Å². The van der Waals surface area contributed by atoms with E-state index in [0.717, 1.165) is 41.0 Å². The summed E-state index contributed by atoms with van der Waals surface area (Å²) in [6.07, 6.45) is 2.47. The Hall–Kier alpha value is -3.90. The van der Waals surface area contributed by atoms with E-state index in [9.17, 15) is 4.79 Å². The predicted molar refractivity (Wildman–Crippen MR) is 150 cm³/mol. The van der Waals surface area contributed by atoms with Crippen LogP contribution in [0.5, 0.6) is 5.75 Å². The Morgan fingerprint density at radius 3 is 2.30 bits per heavy atom. The summed E-state index contributed by atoms with van der Waals surface area (Å²) in [5.74, 6) is 0.408. The average molecular weight is 501 g/mol. The summed E-state index contributed by atoms with van der Waals surface area (Å²) >= 11 is 0. The van der Waals surface area contributed by atoms with Gasteiger partial charge in [0.25, 0.3) is 0 Å². The van der Waals surface area contributed by atoms with Gasteiger partial charge in [0.1, 0.15) is 12.4 Å². The topological polar surface area (TPSA) is 60.4 Å². The molecule has 6 heteroatoms. The average Bonchev–Trinajstić information content (AvgIpc) is 2.91. The molecule has 6 nitrogen and oxygen atoms in total. The molecule has 3 aromatic carbocycles. The van der Waals surface area contributed by atoms with Crippen molar-refractivity contribution in [2.45, 2.75) is 20.3 Å². The van der Waals surface area contributed by atoms with Crippen LogP contribution in [-0.4, -0.2) is 57.5 Å². The number of carbonyl (C=O) groups excluding carboxylic acids is 1. The van der Waals surface area contributed by atoms with Crippen LogP contribution in [0.25, 0.3) is 11.1 Å². The minimum atomic E-state index is -0.441. The molecule has 0 aromatic heterocycles. The second-order valence-electron chi connectivity index (χ2n) is 8.69. The summed E-state index contributed by atoms with van der Waals surface area (Å²) in [6, 6.07) is 26.9. The van der Waals surface area contributed by atoms with Gasteiger partial charge in [-0.3, -0.25) is 0 Å². The molecule has 0 saturated heterocycles. The number of likely N-dealkylation sites (N-methyl/N-ethyl adjacent to an activating group) is 1. The van der Waals surface area contributed by atoms with E-state index >= 15 is 0 Å². The largest absolute Gasteiger partial charge is 0.492 e. The van der Waals surface area contributed by atoms with E-state index < -0.39 is 5.97 Å². The van der Waals surface area contributed by atoms with Crippen molar-refractivity contribution in [1.29, 1.82) is 0 Å². The second-order valence-corrected chi connectivity index (χ2v) is 8.69. The number of hydrogen-bond donors (Lipinski definition) is 0. The van der Waals surface area contributed by atoms with Crippen LogP contribution in [0, 0.1) is 0 Å². The molecular weight excluding hydrogens is 464 g/mol. The van der Waals surface area contributed by atoms with Crippen LogP contribution >= 0.6 is 0 Å². The number of rotatable bonds is 13. The highest BCUT2D eigenvalue weighted by Crippen LogP contribution is 2.35. The molecule has 0 unspecified atom stereocenters. The monoisotopic (exact) mass is 500 g/mol. The molecule has 0 bridgehead atoms. The van der Waals surface area contributed by atoms with Crippen molar-refractivity contribution in [3.63, 3.8) is 0 Å². The molecule has 194 valence electrons. The number of allylic oxidation sites excluding steroid dienone is 1. The molecule has 0 radical (unpaired) electrons. The van der Waals surface area contributed by atoms with E-state index in [1.165, 1.54) is 11.1 Å². The number of ether oxygens (including phenoxy) is 2. The fraction of sp³-hybridized carbons (Fsp3) is 0.290. The molecule has 0 aliphatic heterocycles. The zero-order chi connectivity index (χ0) is 26.5. The van der Waals surface area contributed by atoms with Crippen molar-refractivity contribution in [3.8, 4) is 5.75 Å². The Morgan fingerprint density at radius 2 is 1.62 bits per heavy atom. The highest BCUT2D eigenvalue weighted by Gasteiger charge is 2.14. The lowest BCUT2D eigenvalue weighted by Crippen LogP contribution is -2.19. The van der Waals surface area contributed by atoms with E-state index in [0.29, 0.717) is 13.2 Å². The van der Waals surface area contributed by atoms with Gasteiger partial charge in [0.05, 0.1) is 12.8 Å². The van der Waals surface area contributed by atoms with Gasteiger partial charge in [-0.05, 0) is 79.0 Å². The van der Waals surface area contributed by atoms with E-state index in [2.05, 4.69) is 65.5 Å². The number of benzene rings is 3. The normalized spacial score (nSPS) is 11.9. The van der Waals surface area contributed by atoms with Crippen molar-refractivity contribution >= 4 is 23.3 Å². The van der Waals surface area contributed by atoms with Crippen molar-refractivity contribution in [1.82, 2.24) is 4.90 Å². The Bertz CT molecular complexity index is 1190. The van der Waals surface area contributed by atoms with Crippen LogP contribution in [0.15, 0.2) is 84.0 Å². The van der Waals surface area contributed by atoms with Crippen LogP contribution in [0.3, 0.4) is 0 Å². The second kappa shape index (κ2) is 14.6. The third-order valence-corrected chi connectivity index (χ3v) is 5.67. The Kier molecular flexibility index (Phi) is 10.9. The molecule has 3 aromatic rings. The Labute approximate surface area is 220 Å². The van der Waals surface area contributed by atoms with Crippen molar-refractivity contribution in [2.75, 3.05) is 40.5 Å². The molecule has 0 N–H and O–H groups in total. The van der Waals surface area contributed by atoms with Gasteiger partial charge in [0.2, 0.25) is 6.61 Å². The van der Waals surface area contributed by atoms with Crippen LogP contribution in [0.4, 0.5) is 0 Å². The summed E-state index contributed by atoms with van der Waals surface area (Å²) in [6.45, 7) is 5.52. The van der Waals surface area contributed by atoms with Gasteiger partial charge in [-0.1, -0.05) is 72.7 Å². The number of hydrogen-bond acceptors (Lipinski definition) is 6. The lowest BCUT2D eigenvalue weighted by atomic mass is 9.87. The first-order valence-electron chi connectivity index (χ1n) is 12.6. The molecule has 0 aliphatic rings. The van der Waals surface area contributed by atoms with Gasteiger partial charge >= 0.3 is 5.97 Å². The molecule has 0 amide bonds. The Morgan fingerprint density at radius 1 is 0.892 bits per heavy atom. The molecule has 0 saturated carbocycles. The standard InChI is InChI=1S/C31H36N2O4/c1-5-29(25-12-8-7-9-13-25)31(26-15-17-28(18-16-26)36-20-19-33(3)4)27-14-10-11-24(21-27)22-32-37-23-30(34)35-6-2/h7-18,21-22H,5-6,19-20,23H2,1-4H3. The minimum Gasteiger partial charge on any atom is -0.492 e. The summed E-state index contributed by atoms with van der Waals surface area (Å²) in [7, 11) is 4.06. The number of nitrogens with zero attached hydrogens (tertiary/aromatic N) is 2. The fourth-order valence-electron chi connectivity index (χ4n) is 3.91. The third kappa shape index (κ3) is 8.62. The lowest BCUT2D eigenvalue weighted by Gasteiger charge is -2.17. The van der Waals surface area contributed by atoms with Gasteiger partial charge in [0, 0.05) is 6.54 Å². The van der Waals surface area contributed by atoms with Gasteiger partial charge < -0.3 is 19.2 Å². The minimum absolute atomic E-state index is 0.216. The van der Waals surface area contributed by atoms with E-state index in [4.69, 9.17) is 14.3 Å². The fourth-order valence-corrected chi connectivity index (χ4v) is 3.91. The summed E-state index contributed by atoms with van der Waals surface area (Å²) in [5.41, 5.74) is 6.62. The maximum atomic E-state index is 11.5. The molecule has 0 spiro atoms. The molecule has 0 heterocycles. The Balaban J connectivity index is 1.94. The summed E-state index contributed by atoms with van der Waals surface area (Å²) < 4.78 is 10.8. The van der Waals surface area contributed by atoms with Gasteiger partial charge in [-0.2, -0.15) is 0 Å². The zero-order valence-corrected chi connectivity index (χ0v) is 22.1. The number of oxime groups is 1. The number of carbonyl (C=O) groups is 1. The molecular formula is C31H36N2O4. The first-order chi connectivity index (χ1) is 18.0. The maximum Gasteiger partial charge on any atom is 0.347 e. The molecule has 3 rings (SSSR count). The molecule has 37 heavy (non-hydrogen) atoms. The molecule has 0 fully saturated rings. The van der Waals surface area contributed by atoms with E-state index in [1.807, 2.05) is 44.4 Å². The maximum absolute atomic E-state index is 11.5. The van der Waals surface area contributed by atoms with Crippen molar-refractivity contribution in [3.05, 3.63) is 101 Å². The van der Waals surface area contributed by atoms with E-state index in [1.54, 1.807) is 13.1 Å². The van der Waals surface area contributed by atoms with Gasteiger partial charge in [0.15, 0.2) is 0 Å². The van der Waals surface area contributed by atoms with Crippen molar-refractivity contribution in [2.24, 2.45) is 5.16 Å².